The van der Waals surface area contributed by atoms with E-state index in [2.05, 4.69) is 14.8 Å². The highest BCUT2D eigenvalue weighted by Crippen LogP contribution is 2.16. The first-order valence-corrected chi connectivity index (χ1v) is 11.4. The first-order valence-electron chi connectivity index (χ1n) is 8.45. The van der Waals surface area contributed by atoms with Gasteiger partial charge in [0.1, 0.15) is 0 Å². The molecule has 0 atom stereocenters. The molecule has 0 heterocycles. The number of rotatable bonds is 8. The number of benzene rings is 2. The molecule has 0 aliphatic rings. The summed E-state index contributed by atoms with van der Waals surface area (Å²) in [5, 5.41) is 2.56. The summed E-state index contributed by atoms with van der Waals surface area (Å²) in [4.78, 5) is 12.4. The highest BCUT2D eigenvalue weighted by atomic mass is 32.2. The van der Waals surface area contributed by atoms with Crippen molar-refractivity contribution in [1.82, 2.24) is 14.8 Å². The third kappa shape index (κ3) is 5.38. The second kappa shape index (κ2) is 8.82. The maximum absolute atomic E-state index is 12.4. The molecule has 0 saturated heterocycles. The number of amides is 1. The molecule has 152 valence electrons. The normalized spacial score (nSPS) is 12.0. The number of hydrogen-bond donors (Lipinski definition) is 3. The predicted molar refractivity (Wildman–Crippen MR) is 106 cm³/mol. The van der Waals surface area contributed by atoms with E-state index < -0.39 is 26.0 Å². The number of aryl methyl sites for hydroxylation is 2. The summed E-state index contributed by atoms with van der Waals surface area (Å²) in [6.07, 6.45) is 0. The molecule has 0 aliphatic carbocycles. The van der Waals surface area contributed by atoms with Crippen LogP contribution in [0.4, 0.5) is 0 Å². The second-order valence-electron chi connectivity index (χ2n) is 6.16. The third-order valence-electron chi connectivity index (χ3n) is 4.01. The summed E-state index contributed by atoms with van der Waals surface area (Å²) in [7, 11) is -6.07. The van der Waals surface area contributed by atoms with Gasteiger partial charge in [0.2, 0.25) is 20.0 Å². The molecule has 0 saturated carbocycles. The lowest BCUT2D eigenvalue weighted by Gasteiger charge is -2.11. The lowest BCUT2D eigenvalue weighted by Crippen LogP contribution is -2.35. The van der Waals surface area contributed by atoms with Crippen molar-refractivity contribution in [3.8, 4) is 0 Å². The monoisotopic (exact) mass is 425 g/mol. The van der Waals surface area contributed by atoms with Crippen LogP contribution in [-0.4, -0.2) is 42.9 Å². The summed E-state index contributed by atoms with van der Waals surface area (Å²) in [6, 6.07) is 10.7. The zero-order valence-corrected chi connectivity index (χ0v) is 17.4. The van der Waals surface area contributed by atoms with Crippen LogP contribution in [0.3, 0.4) is 0 Å². The Kier molecular flexibility index (Phi) is 6.94. The molecular weight excluding hydrogens is 402 g/mol. The van der Waals surface area contributed by atoms with E-state index in [-0.39, 0.29) is 28.4 Å². The van der Waals surface area contributed by atoms with Crippen LogP contribution in [-0.2, 0) is 20.0 Å². The van der Waals surface area contributed by atoms with Gasteiger partial charge >= 0.3 is 0 Å². The van der Waals surface area contributed by atoms with Gasteiger partial charge in [-0.05, 0) is 56.3 Å². The van der Waals surface area contributed by atoms with Gasteiger partial charge in [0, 0.05) is 18.7 Å². The molecule has 28 heavy (non-hydrogen) atoms. The lowest BCUT2D eigenvalue weighted by atomic mass is 10.2. The standard InChI is InChI=1S/C18H23N3O5S2/c1-13-7-8-14(2)17(11-13)28(25,26)21-10-9-20-18(22)15-5-4-6-16(12-15)27(23,24)19-3/h4-8,11-12,19,21H,9-10H2,1-3H3,(H,20,22). The van der Waals surface area contributed by atoms with E-state index in [4.69, 9.17) is 0 Å². The molecule has 10 heteroatoms. The van der Waals surface area contributed by atoms with Crippen molar-refractivity contribution < 1.29 is 21.6 Å². The van der Waals surface area contributed by atoms with Crippen LogP contribution in [0.5, 0.6) is 0 Å². The molecule has 0 spiro atoms. The van der Waals surface area contributed by atoms with Crippen molar-refractivity contribution in [3.63, 3.8) is 0 Å². The summed E-state index contributed by atoms with van der Waals surface area (Å²) < 4.78 is 53.1. The minimum atomic E-state index is -3.69. The molecule has 2 aromatic carbocycles. The Morgan fingerprint density at radius 1 is 0.929 bits per heavy atom. The molecule has 0 bridgehead atoms. The average molecular weight is 426 g/mol. The predicted octanol–water partition coefficient (Wildman–Crippen LogP) is 0.920. The Balaban J connectivity index is 1.98. The average Bonchev–Trinajstić information content (AvgIpc) is 2.67. The van der Waals surface area contributed by atoms with Crippen molar-refractivity contribution >= 4 is 26.0 Å². The van der Waals surface area contributed by atoms with Crippen molar-refractivity contribution in [3.05, 3.63) is 59.2 Å². The van der Waals surface area contributed by atoms with Gasteiger partial charge in [-0.2, -0.15) is 0 Å². The van der Waals surface area contributed by atoms with E-state index in [1.165, 1.54) is 31.3 Å². The van der Waals surface area contributed by atoms with Crippen molar-refractivity contribution in [2.45, 2.75) is 23.6 Å². The quantitative estimate of drug-likeness (QED) is 0.543. The number of hydrogen-bond acceptors (Lipinski definition) is 5. The summed E-state index contributed by atoms with van der Waals surface area (Å²) >= 11 is 0. The van der Waals surface area contributed by atoms with Crippen LogP contribution >= 0.6 is 0 Å². The smallest absolute Gasteiger partial charge is 0.251 e. The van der Waals surface area contributed by atoms with E-state index in [1.807, 2.05) is 6.07 Å². The largest absolute Gasteiger partial charge is 0.351 e. The Labute approximate surface area is 165 Å². The Bertz CT molecular complexity index is 1080. The summed E-state index contributed by atoms with van der Waals surface area (Å²) in [5.74, 6) is -0.501. The van der Waals surface area contributed by atoms with E-state index in [9.17, 15) is 21.6 Å². The Morgan fingerprint density at radius 3 is 2.32 bits per heavy atom. The van der Waals surface area contributed by atoms with E-state index in [1.54, 1.807) is 26.0 Å². The maximum atomic E-state index is 12.4. The molecule has 0 aromatic heterocycles. The summed E-state index contributed by atoms with van der Waals surface area (Å²) in [5.41, 5.74) is 1.62. The lowest BCUT2D eigenvalue weighted by molar-refractivity contribution is 0.0954. The van der Waals surface area contributed by atoms with Crippen LogP contribution in [0.25, 0.3) is 0 Å². The van der Waals surface area contributed by atoms with Crippen LogP contribution in [0.15, 0.2) is 52.3 Å². The molecule has 8 nitrogen and oxygen atoms in total. The van der Waals surface area contributed by atoms with E-state index in [0.29, 0.717) is 5.56 Å². The number of carbonyl (C=O) groups excluding carboxylic acids is 1. The number of carbonyl (C=O) groups is 1. The molecule has 0 radical (unpaired) electrons. The molecule has 3 N–H and O–H groups in total. The maximum Gasteiger partial charge on any atom is 0.251 e. The second-order valence-corrected chi connectivity index (χ2v) is 9.78. The van der Waals surface area contributed by atoms with Crippen LogP contribution in [0.1, 0.15) is 21.5 Å². The molecular formula is C18H23N3O5S2. The highest BCUT2D eigenvalue weighted by Gasteiger charge is 2.17. The molecule has 1 amide bonds. The van der Waals surface area contributed by atoms with Crippen LogP contribution in [0, 0.1) is 13.8 Å². The molecule has 2 rings (SSSR count). The van der Waals surface area contributed by atoms with Crippen LogP contribution < -0.4 is 14.8 Å². The van der Waals surface area contributed by atoms with Gasteiger partial charge in [0.25, 0.3) is 5.91 Å². The molecule has 0 fully saturated rings. The van der Waals surface area contributed by atoms with E-state index >= 15 is 0 Å². The molecule has 0 aliphatic heterocycles. The van der Waals surface area contributed by atoms with Gasteiger partial charge in [-0.3, -0.25) is 4.79 Å². The minimum Gasteiger partial charge on any atom is -0.351 e. The zero-order valence-electron chi connectivity index (χ0n) is 15.8. The summed E-state index contributed by atoms with van der Waals surface area (Å²) in [6.45, 7) is 3.56. The topological polar surface area (TPSA) is 121 Å². The van der Waals surface area contributed by atoms with Crippen LogP contribution in [0.2, 0.25) is 0 Å². The van der Waals surface area contributed by atoms with Gasteiger partial charge < -0.3 is 5.32 Å². The minimum absolute atomic E-state index is 0.00401. The highest BCUT2D eigenvalue weighted by molar-refractivity contribution is 7.89. The van der Waals surface area contributed by atoms with Gasteiger partial charge in [-0.15, -0.1) is 0 Å². The van der Waals surface area contributed by atoms with Crippen molar-refractivity contribution in [1.29, 1.82) is 0 Å². The first kappa shape index (κ1) is 22.0. The van der Waals surface area contributed by atoms with Crippen molar-refractivity contribution in [2.24, 2.45) is 0 Å². The van der Waals surface area contributed by atoms with Crippen molar-refractivity contribution in [2.75, 3.05) is 20.1 Å². The fraction of sp³-hybridized carbons (Fsp3) is 0.278. The van der Waals surface area contributed by atoms with Gasteiger partial charge in [0.05, 0.1) is 9.79 Å². The fourth-order valence-electron chi connectivity index (χ4n) is 2.46. The SMILES string of the molecule is CNS(=O)(=O)c1cccc(C(=O)NCCNS(=O)(=O)c2cc(C)ccc2C)c1. The zero-order chi connectivity index (χ0) is 20.9. The number of nitrogens with one attached hydrogen (secondary N) is 3. The fourth-order valence-corrected chi connectivity index (χ4v) is 4.60. The molecule has 2 aromatic rings. The Hall–Kier alpha value is -2.27. The first-order chi connectivity index (χ1) is 13.1. The molecule has 0 unspecified atom stereocenters. The van der Waals surface area contributed by atoms with Gasteiger partial charge in [-0.25, -0.2) is 26.3 Å². The number of sulfonamides is 2. The Morgan fingerprint density at radius 2 is 1.64 bits per heavy atom. The van der Waals surface area contributed by atoms with E-state index in [0.717, 1.165) is 5.56 Å². The van der Waals surface area contributed by atoms with Gasteiger partial charge in [0.15, 0.2) is 0 Å². The van der Waals surface area contributed by atoms with Gasteiger partial charge in [-0.1, -0.05) is 18.2 Å². The third-order valence-corrected chi connectivity index (χ3v) is 7.03.